The minimum Gasteiger partial charge on any atom is -0.326 e. The quantitative estimate of drug-likeness (QED) is 0.174. The van der Waals surface area contributed by atoms with Gasteiger partial charge in [-0.25, -0.2) is 22.7 Å². The standard InChI is InChI=1S/C36H36N6O4S/c1-41(2)23-24-42(35(44)26-28-11-7-4-8-12-28)47(45,46)32-19-17-31(18-20-32)39-36-37-22-21-33(40-36)29-13-15-30(16-14-29)38-34(43)25-27-9-5-3-6-10-27/h3-22H,23-26H2,1-2H3,(H,38,43)(H,37,39,40). The maximum atomic E-state index is 13.6. The topological polar surface area (TPSA) is 125 Å². The average molecular weight is 649 g/mol. The second kappa shape index (κ2) is 15.3. The Morgan fingerprint density at radius 1 is 0.702 bits per heavy atom. The number of carbonyl (C=O) groups is 2. The van der Waals surface area contributed by atoms with Crippen molar-refractivity contribution in [2.45, 2.75) is 17.7 Å². The molecule has 0 fully saturated rings. The van der Waals surface area contributed by atoms with Gasteiger partial charge in [0.2, 0.25) is 17.8 Å². The van der Waals surface area contributed by atoms with Gasteiger partial charge in [0, 0.05) is 36.2 Å². The number of hydrogen-bond donors (Lipinski definition) is 2. The van der Waals surface area contributed by atoms with E-state index in [4.69, 9.17) is 0 Å². The van der Waals surface area contributed by atoms with Crippen LogP contribution < -0.4 is 10.6 Å². The molecule has 0 unspecified atom stereocenters. The molecule has 0 aliphatic heterocycles. The molecular weight excluding hydrogens is 613 g/mol. The minimum atomic E-state index is -4.10. The van der Waals surface area contributed by atoms with Crippen LogP contribution in [0.4, 0.5) is 17.3 Å². The fourth-order valence-electron chi connectivity index (χ4n) is 4.79. The number of benzene rings is 4. The largest absolute Gasteiger partial charge is 0.326 e. The zero-order valence-electron chi connectivity index (χ0n) is 26.2. The Bertz CT molecular complexity index is 1900. The van der Waals surface area contributed by atoms with Crippen molar-refractivity contribution >= 4 is 39.2 Å². The molecule has 5 aromatic rings. The summed E-state index contributed by atoms with van der Waals surface area (Å²) < 4.78 is 28.2. The van der Waals surface area contributed by atoms with Crippen LogP contribution >= 0.6 is 0 Å². The average Bonchev–Trinajstić information content (AvgIpc) is 3.06. The van der Waals surface area contributed by atoms with Gasteiger partial charge in [-0.2, -0.15) is 0 Å². The smallest absolute Gasteiger partial charge is 0.266 e. The lowest BCUT2D eigenvalue weighted by Gasteiger charge is -2.24. The molecule has 0 aliphatic carbocycles. The van der Waals surface area contributed by atoms with Gasteiger partial charge in [0.1, 0.15) is 0 Å². The molecule has 1 heterocycles. The Kier molecular flexibility index (Phi) is 10.7. The van der Waals surface area contributed by atoms with E-state index >= 15 is 0 Å². The van der Waals surface area contributed by atoms with Crippen LogP contribution in [0.5, 0.6) is 0 Å². The summed E-state index contributed by atoms with van der Waals surface area (Å²) in [6.07, 6.45) is 1.89. The Morgan fingerprint density at radius 2 is 1.30 bits per heavy atom. The van der Waals surface area contributed by atoms with Crippen molar-refractivity contribution in [1.29, 1.82) is 0 Å². The lowest BCUT2D eigenvalue weighted by atomic mass is 10.1. The van der Waals surface area contributed by atoms with E-state index in [0.717, 1.165) is 21.0 Å². The van der Waals surface area contributed by atoms with Gasteiger partial charge in [-0.05, 0) is 67.7 Å². The first-order chi connectivity index (χ1) is 22.7. The third kappa shape index (κ3) is 9.09. The van der Waals surface area contributed by atoms with Gasteiger partial charge in [0.15, 0.2) is 0 Å². The number of nitrogens with one attached hydrogen (secondary N) is 2. The van der Waals surface area contributed by atoms with E-state index < -0.39 is 15.9 Å². The number of sulfonamides is 1. The predicted octanol–water partition coefficient (Wildman–Crippen LogP) is 5.39. The molecule has 0 saturated carbocycles. The number of rotatable bonds is 13. The maximum Gasteiger partial charge on any atom is 0.266 e. The van der Waals surface area contributed by atoms with Crippen LogP contribution in [0.3, 0.4) is 0 Å². The molecule has 2 amide bonds. The summed E-state index contributed by atoms with van der Waals surface area (Å²) in [5.74, 6) is -0.270. The van der Waals surface area contributed by atoms with Crippen molar-refractivity contribution < 1.29 is 18.0 Å². The minimum absolute atomic E-state index is 0.00818. The van der Waals surface area contributed by atoms with E-state index in [1.807, 2.05) is 91.8 Å². The number of carbonyl (C=O) groups excluding carboxylic acids is 2. The van der Waals surface area contributed by atoms with Crippen LogP contribution in [0.2, 0.25) is 0 Å². The highest BCUT2D eigenvalue weighted by Gasteiger charge is 2.29. The van der Waals surface area contributed by atoms with Gasteiger partial charge in [-0.15, -0.1) is 0 Å². The van der Waals surface area contributed by atoms with Gasteiger partial charge < -0.3 is 15.5 Å². The highest BCUT2D eigenvalue weighted by Crippen LogP contribution is 2.24. The zero-order chi connectivity index (χ0) is 33.2. The van der Waals surface area contributed by atoms with Crippen molar-refractivity contribution in [2.24, 2.45) is 0 Å². The lowest BCUT2D eigenvalue weighted by Crippen LogP contribution is -2.41. The third-order valence-electron chi connectivity index (χ3n) is 7.25. The summed E-state index contributed by atoms with van der Waals surface area (Å²) in [6, 6.07) is 33.9. The van der Waals surface area contributed by atoms with Crippen LogP contribution in [0, 0.1) is 0 Å². The van der Waals surface area contributed by atoms with Crippen LogP contribution in [0.1, 0.15) is 11.1 Å². The van der Waals surface area contributed by atoms with Gasteiger partial charge >= 0.3 is 0 Å². The molecule has 0 atom stereocenters. The van der Waals surface area contributed by atoms with Crippen molar-refractivity contribution in [1.82, 2.24) is 19.2 Å². The predicted molar refractivity (Wildman–Crippen MR) is 184 cm³/mol. The van der Waals surface area contributed by atoms with Crippen LogP contribution in [-0.2, 0) is 32.5 Å². The molecule has 0 spiro atoms. The fourth-order valence-corrected chi connectivity index (χ4v) is 6.17. The monoisotopic (exact) mass is 648 g/mol. The number of nitrogens with zero attached hydrogens (tertiary/aromatic N) is 4. The van der Waals surface area contributed by atoms with E-state index in [2.05, 4.69) is 20.6 Å². The van der Waals surface area contributed by atoms with Crippen LogP contribution in [0.25, 0.3) is 11.3 Å². The Hall–Kier alpha value is -5.39. The molecular formula is C36H36N6O4S. The van der Waals surface area contributed by atoms with E-state index in [9.17, 15) is 18.0 Å². The summed E-state index contributed by atoms with van der Waals surface area (Å²) >= 11 is 0. The molecule has 0 aliphatic rings. The third-order valence-corrected chi connectivity index (χ3v) is 9.09. The molecule has 0 saturated heterocycles. The molecule has 0 bridgehead atoms. The van der Waals surface area contributed by atoms with E-state index in [1.54, 1.807) is 36.5 Å². The first-order valence-corrected chi connectivity index (χ1v) is 16.5. The van der Waals surface area contributed by atoms with Crippen LogP contribution in [-0.4, -0.2) is 66.6 Å². The van der Waals surface area contributed by atoms with Crippen molar-refractivity contribution in [3.05, 3.63) is 133 Å². The molecule has 11 heteroatoms. The lowest BCUT2D eigenvalue weighted by molar-refractivity contribution is -0.126. The van der Waals surface area contributed by atoms with Gasteiger partial charge in [-0.1, -0.05) is 72.8 Å². The molecule has 0 radical (unpaired) electrons. The molecule has 47 heavy (non-hydrogen) atoms. The SMILES string of the molecule is CN(C)CCN(C(=O)Cc1ccccc1)S(=O)(=O)c1ccc(Nc2nccc(-c3ccc(NC(=O)Cc4ccccc4)cc3)n2)cc1. The Labute approximate surface area is 275 Å². The first-order valence-electron chi connectivity index (χ1n) is 15.1. The Morgan fingerprint density at radius 3 is 1.91 bits per heavy atom. The number of amides is 2. The van der Waals surface area contributed by atoms with Crippen molar-refractivity contribution in [2.75, 3.05) is 37.8 Å². The van der Waals surface area contributed by atoms with Crippen molar-refractivity contribution in [3.8, 4) is 11.3 Å². The summed E-state index contributed by atoms with van der Waals surface area (Å²) in [4.78, 5) is 36.4. The summed E-state index contributed by atoms with van der Waals surface area (Å²) in [7, 11) is -0.452. The second-order valence-electron chi connectivity index (χ2n) is 11.1. The van der Waals surface area contributed by atoms with Crippen molar-refractivity contribution in [3.63, 3.8) is 0 Å². The van der Waals surface area contributed by atoms with Gasteiger partial charge in [0.05, 0.1) is 23.4 Å². The normalized spacial score (nSPS) is 11.2. The highest BCUT2D eigenvalue weighted by molar-refractivity contribution is 7.89. The van der Waals surface area contributed by atoms with E-state index in [-0.39, 0.29) is 30.2 Å². The summed E-state index contributed by atoms with van der Waals surface area (Å²) in [5.41, 5.74) is 4.43. The summed E-state index contributed by atoms with van der Waals surface area (Å²) in [6.45, 7) is 0.418. The number of likely N-dealkylation sites (N-methyl/N-ethyl adjacent to an activating group) is 1. The fraction of sp³-hybridized carbons (Fsp3) is 0.167. The molecule has 1 aromatic heterocycles. The van der Waals surface area contributed by atoms with E-state index in [1.165, 1.54) is 12.1 Å². The first kappa shape index (κ1) is 33.0. The number of hydrogen-bond acceptors (Lipinski definition) is 8. The molecule has 5 rings (SSSR count). The molecule has 4 aromatic carbocycles. The number of anilines is 3. The zero-order valence-corrected chi connectivity index (χ0v) is 27.0. The van der Waals surface area contributed by atoms with Crippen LogP contribution in [0.15, 0.2) is 126 Å². The molecule has 2 N–H and O–H groups in total. The Balaban J connectivity index is 1.25. The second-order valence-corrected chi connectivity index (χ2v) is 13.0. The molecule has 10 nitrogen and oxygen atoms in total. The number of aromatic nitrogens is 2. The van der Waals surface area contributed by atoms with E-state index in [0.29, 0.717) is 29.6 Å². The van der Waals surface area contributed by atoms with Gasteiger partial charge in [-0.3, -0.25) is 9.59 Å². The maximum absolute atomic E-state index is 13.6. The summed E-state index contributed by atoms with van der Waals surface area (Å²) in [5, 5.41) is 6.03. The van der Waals surface area contributed by atoms with Gasteiger partial charge in [0.25, 0.3) is 10.0 Å². The highest BCUT2D eigenvalue weighted by atomic mass is 32.2. The molecule has 240 valence electrons.